The zero-order chi connectivity index (χ0) is 13.8. The molecule has 3 N–H and O–H groups in total. The van der Waals surface area contributed by atoms with E-state index in [9.17, 15) is 4.79 Å². The average molecular weight is 258 g/mol. The molecule has 18 heavy (non-hydrogen) atoms. The van der Waals surface area contributed by atoms with Gasteiger partial charge in [0.15, 0.2) is 0 Å². The van der Waals surface area contributed by atoms with Gasteiger partial charge in [0.05, 0.1) is 12.7 Å². The van der Waals surface area contributed by atoms with Crippen LogP contribution in [0.4, 0.5) is 4.79 Å². The number of carbonyl (C=O) groups excluding carboxylic acids is 1. The number of methoxy groups -OCH3 is 1. The van der Waals surface area contributed by atoms with Crippen molar-refractivity contribution in [2.75, 3.05) is 20.3 Å². The van der Waals surface area contributed by atoms with Gasteiger partial charge in [0.25, 0.3) is 0 Å². The second-order valence-corrected chi connectivity index (χ2v) is 5.06. The minimum atomic E-state index is -0.207. The van der Waals surface area contributed by atoms with Crippen molar-refractivity contribution in [2.24, 2.45) is 11.3 Å². The van der Waals surface area contributed by atoms with Crippen molar-refractivity contribution in [3.63, 3.8) is 0 Å². The number of aliphatic hydroxyl groups is 1. The number of ether oxygens (including phenoxy) is 1. The van der Waals surface area contributed by atoms with Crippen molar-refractivity contribution < 1.29 is 14.6 Å². The van der Waals surface area contributed by atoms with Crippen LogP contribution in [0.15, 0.2) is 0 Å². The quantitative estimate of drug-likeness (QED) is 0.668. The first-order valence-corrected chi connectivity index (χ1v) is 6.75. The summed E-state index contributed by atoms with van der Waals surface area (Å²) in [5, 5.41) is 14.3. The lowest BCUT2D eigenvalue weighted by Crippen LogP contribution is -2.70. The molecule has 0 saturated heterocycles. The van der Waals surface area contributed by atoms with E-state index >= 15 is 0 Å². The van der Waals surface area contributed by atoms with Gasteiger partial charge in [0, 0.05) is 31.0 Å². The van der Waals surface area contributed by atoms with E-state index in [-0.39, 0.29) is 36.7 Å². The van der Waals surface area contributed by atoms with E-state index in [0.717, 1.165) is 12.8 Å². The van der Waals surface area contributed by atoms with Crippen LogP contribution in [0.3, 0.4) is 0 Å². The number of hydrogen-bond donors (Lipinski definition) is 3. The molecule has 1 rings (SSSR count). The smallest absolute Gasteiger partial charge is 0.315 e. The second kappa shape index (κ2) is 6.38. The Hall–Kier alpha value is -0.810. The molecule has 106 valence electrons. The van der Waals surface area contributed by atoms with Gasteiger partial charge in [0.1, 0.15) is 0 Å². The van der Waals surface area contributed by atoms with Gasteiger partial charge < -0.3 is 20.5 Å². The molecule has 0 aliphatic heterocycles. The summed E-state index contributed by atoms with van der Waals surface area (Å²) in [7, 11) is 1.74. The molecular formula is C13H26N2O3. The molecule has 0 aromatic rings. The molecule has 1 saturated carbocycles. The highest BCUT2D eigenvalue weighted by atomic mass is 16.5. The van der Waals surface area contributed by atoms with Gasteiger partial charge >= 0.3 is 6.03 Å². The fraction of sp³-hybridized carbons (Fsp3) is 0.923. The fourth-order valence-electron chi connectivity index (χ4n) is 3.46. The van der Waals surface area contributed by atoms with Gasteiger partial charge in [-0.25, -0.2) is 4.79 Å². The summed E-state index contributed by atoms with van der Waals surface area (Å²) in [6.07, 6.45) is 2.17. The maximum atomic E-state index is 11.7. The number of carbonyl (C=O) groups is 1. The first kappa shape index (κ1) is 15.2. The predicted octanol–water partition coefficient (Wildman–Crippen LogP) is 1.12. The molecule has 0 radical (unpaired) electrons. The highest BCUT2D eigenvalue weighted by Gasteiger charge is 2.58. The van der Waals surface area contributed by atoms with Crippen LogP contribution >= 0.6 is 0 Å². The third-order valence-electron chi connectivity index (χ3n) is 4.44. The molecule has 1 aliphatic rings. The van der Waals surface area contributed by atoms with Crippen LogP contribution < -0.4 is 10.6 Å². The van der Waals surface area contributed by atoms with Gasteiger partial charge in [-0.1, -0.05) is 20.8 Å². The van der Waals surface area contributed by atoms with Crippen molar-refractivity contribution in [2.45, 2.75) is 45.8 Å². The summed E-state index contributed by atoms with van der Waals surface area (Å²) in [6, 6.07) is -0.0714. The molecule has 1 aliphatic carbocycles. The van der Waals surface area contributed by atoms with E-state index in [1.807, 2.05) is 0 Å². The first-order chi connectivity index (χ1) is 8.57. The number of amides is 2. The largest absolute Gasteiger partial charge is 0.395 e. The minimum Gasteiger partial charge on any atom is -0.395 e. The summed E-state index contributed by atoms with van der Waals surface area (Å²) in [5.74, 6) is 0.315. The molecule has 5 heteroatoms. The Balaban J connectivity index is 2.66. The van der Waals surface area contributed by atoms with Crippen molar-refractivity contribution in [1.82, 2.24) is 10.6 Å². The lowest BCUT2D eigenvalue weighted by Gasteiger charge is -2.59. The van der Waals surface area contributed by atoms with Gasteiger partial charge in [-0.2, -0.15) is 0 Å². The summed E-state index contributed by atoms with van der Waals surface area (Å²) in [4.78, 5) is 11.7. The molecule has 0 heterocycles. The van der Waals surface area contributed by atoms with Gasteiger partial charge in [-0.3, -0.25) is 0 Å². The Bertz CT molecular complexity index is 279. The standard InChI is InChI=1S/C13H26N2O3/c1-5-13(6-2)10(9(3)11(13)18-4)15-12(17)14-7-8-16/h9-11,16H,5-8H2,1-4H3,(H2,14,15,17). The molecule has 0 spiro atoms. The van der Waals surface area contributed by atoms with Crippen LogP contribution in [-0.2, 0) is 4.74 Å². The highest BCUT2D eigenvalue weighted by molar-refractivity contribution is 5.74. The van der Waals surface area contributed by atoms with Crippen LogP contribution in [-0.4, -0.2) is 43.5 Å². The summed E-state index contributed by atoms with van der Waals surface area (Å²) in [6.45, 7) is 6.63. The van der Waals surface area contributed by atoms with Crippen molar-refractivity contribution in [1.29, 1.82) is 0 Å². The predicted molar refractivity (Wildman–Crippen MR) is 70.4 cm³/mol. The SMILES string of the molecule is CCC1(CC)C(NC(=O)NCCO)C(C)C1OC. The van der Waals surface area contributed by atoms with Crippen LogP contribution in [0, 0.1) is 11.3 Å². The maximum Gasteiger partial charge on any atom is 0.315 e. The number of rotatable bonds is 6. The normalized spacial score (nSPS) is 29.5. The van der Waals surface area contributed by atoms with Crippen LogP contribution in [0.5, 0.6) is 0 Å². The Labute approximate surface area is 109 Å². The van der Waals surface area contributed by atoms with E-state index in [1.54, 1.807) is 7.11 Å². The number of urea groups is 1. The molecule has 0 bridgehead atoms. The highest BCUT2D eigenvalue weighted by Crippen LogP contribution is 2.52. The molecule has 3 unspecified atom stereocenters. The van der Waals surface area contributed by atoms with Gasteiger partial charge in [-0.05, 0) is 12.8 Å². The zero-order valence-corrected chi connectivity index (χ0v) is 11.8. The summed E-state index contributed by atoms with van der Waals surface area (Å²) >= 11 is 0. The molecule has 2 amide bonds. The van der Waals surface area contributed by atoms with Crippen LogP contribution in [0.25, 0.3) is 0 Å². The monoisotopic (exact) mass is 258 g/mol. The molecule has 3 atom stereocenters. The van der Waals surface area contributed by atoms with Gasteiger partial charge in [0.2, 0.25) is 0 Å². The summed E-state index contributed by atoms with van der Waals surface area (Å²) < 4.78 is 5.58. The lowest BCUT2D eigenvalue weighted by molar-refractivity contribution is -0.164. The lowest BCUT2D eigenvalue weighted by atomic mass is 9.53. The zero-order valence-electron chi connectivity index (χ0n) is 11.8. The van der Waals surface area contributed by atoms with Crippen molar-refractivity contribution in [3.05, 3.63) is 0 Å². The average Bonchev–Trinajstić information content (AvgIpc) is 2.39. The molecule has 5 nitrogen and oxygen atoms in total. The molecular weight excluding hydrogens is 232 g/mol. The Morgan fingerprint density at radius 2 is 2.00 bits per heavy atom. The molecule has 0 aromatic heterocycles. The van der Waals surface area contributed by atoms with E-state index in [0.29, 0.717) is 5.92 Å². The van der Waals surface area contributed by atoms with Crippen molar-refractivity contribution >= 4 is 6.03 Å². The molecule has 0 aromatic carbocycles. The van der Waals surface area contributed by atoms with E-state index in [1.165, 1.54) is 0 Å². The van der Waals surface area contributed by atoms with E-state index in [2.05, 4.69) is 31.4 Å². The third kappa shape index (κ3) is 2.47. The molecule has 1 fully saturated rings. The summed E-state index contributed by atoms with van der Waals surface area (Å²) in [5.41, 5.74) is 0.0325. The Morgan fingerprint density at radius 1 is 1.39 bits per heavy atom. The number of nitrogens with one attached hydrogen (secondary N) is 2. The van der Waals surface area contributed by atoms with Crippen LogP contribution in [0.2, 0.25) is 0 Å². The second-order valence-electron chi connectivity index (χ2n) is 5.06. The number of hydrogen-bond acceptors (Lipinski definition) is 3. The first-order valence-electron chi connectivity index (χ1n) is 6.75. The third-order valence-corrected chi connectivity index (χ3v) is 4.44. The van der Waals surface area contributed by atoms with Crippen molar-refractivity contribution in [3.8, 4) is 0 Å². The van der Waals surface area contributed by atoms with Crippen LogP contribution in [0.1, 0.15) is 33.6 Å². The minimum absolute atomic E-state index is 0.0325. The van der Waals surface area contributed by atoms with E-state index < -0.39 is 0 Å². The fourth-order valence-corrected chi connectivity index (χ4v) is 3.46. The van der Waals surface area contributed by atoms with Gasteiger partial charge in [-0.15, -0.1) is 0 Å². The Morgan fingerprint density at radius 3 is 2.44 bits per heavy atom. The Kier molecular flexibility index (Phi) is 5.41. The number of aliphatic hydroxyl groups excluding tert-OH is 1. The maximum absolute atomic E-state index is 11.7. The van der Waals surface area contributed by atoms with E-state index in [4.69, 9.17) is 9.84 Å². The topological polar surface area (TPSA) is 70.6 Å².